The number of esters is 1. The van der Waals surface area contributed by atoms with Crippen LogP contribution in [0, 0.1) is 13.8 Å². The zero-order valence-corrected chi connectivity index (χ0v) is 28.4. The van der Waals surface area contributed by atoms with Gasteiger partial charge in [0.15, 0.2) is 0 Å². The molecule has 4 unspecified atom stereocenters. The molecule has 0 saturated heterocycles. The van der Waals surface area contributed by atoms with E-state index < -0.39 is 65.9 Å². The summed E-state index contributed by atoms with van der Waals surface area (Å²) in [5.74, 6) is -1.88. The fourth-order valence-electron chi connectivity index (χ4n) is 4.76. The van der Waals surface area contributed by atoms with Gasteiger partial charge in [-0.1, -0.05) is 55.5 Å². The molecule has 2 aromatic carbocycles. The largest absolute Gasteiger partial charge is 0.458 e. The van der Waals surface area contributed by atoms with Gasteiger partial charge in [0.05, 0.1) is 6.61 Å². The van der Waals surface area contributed by atoms with E-state index in [9.17, 15) is 24.3 Å². The number of nitrogens with one attached hydrogen (secondary N) is 2. The summed E-state index contributed by atoms with van der Waals surface area (Å²) in [4.78, 5) is 56.2. The number of rotatable bonds is 12. The average molecular weight is 626 g/mol. The van der Waals surface area contributed by atoms with Gasteiger partial charge in [0.2, 0.25) is 11.8 Å². The predicted molar refractivity (Wildman–Crippen MR) is 173 cm³/mol. The number of carbonyl (C=O) groups is 4. The van der Waals surface area contributed by atoms with Crippen LogP contribution in [0.15, 0.2) is 48.5 Å². The molecule has 0 aromatic heterocycles. The lowest BCUT2D eigenvalue weighted by Gasteiger charge is -2.39. The summed E-state index contributed by atoms with van der Waals surface area (Å²) in [7, 11) is 0. The van der Waals surface area contributed by atoms with Crippen molar-refractivity contribution >= 4 is 23.9 Å². The number of aliphatic hydroxyl groups excluding tert-OH is 1. The topological polar surface area (TPSA) is 134 Å². The van der Waals surface area contributed by atoms with Gasteiger partial charge in [-0.05, 0) is 91.0 Å². The first-order valence-electron chi connectivity index (χ1n) is 15.4. The molecular formula is C35H51N3O7. The van der Waals surface area contributed by atoms with Gasteiger partial charge < -0.3 is 30.1 Å². The lowest BCUT2D eigenvalue weighted by Crippen LogP contribution is -2.58. The molecule has 2 rings (SSSR count). The third-order valence-electron chi connectivity index (χ3n) is 7.25. The van der Waals surface area contributed by atoms with Crippen molar-refractivity contribution in [1.82, 2.24) is 15.5 Å². The zero-order valence-electron chi connectivity index (χ0n) is 28.4. The van der Waals surface area contributed by atoms with E-state index in [4.69, 9.17) is 9.47 Å². The molecule has 45 heavy (non-hydrogen) atoms. The van der Waals surface area contributed by atoms with E-state index in [-0.39, 0.29) is 6.42 Å². The maximum Gasteiger partial charge on any atom is 0.408 e. The van der Waals surface area contributed by atoms with Crippen LogP contribution in [0.5, 0.6) is 0 Å². The molecular weight excluding hydrogens is 574 g/mol. The number of aryl methyl sites for hydroxylation is 1. The van der Waals surface area contributed by atoms with Crippen LogP contribution in [0.4, 0.5) is 4.79 Å². The lowest BCUT2D eigenvalue weighted by atomic mass is 9.93. The molecule has 0 spiro atoms. The number of carbonyl (C=O) groups excluding carboxylic acids is 4. The predicted octanol–water partition coefficient (Wildman–Crippen LogP) is 4.93. The summed E-state index contributed by atoms with van der Waals surface area (Å²) in [5, 5.41) is 15.6. The maximum atomic E-state index is 14.5. The molecule has 4 atom stereocenters. The van der Waals surface area contributed by atoms with Crippen LogP contribution in [0.1, 0.15) is 90.1 Å². The van der Waals surface area contributed by atoms with Gasteiger partial charge in [0.1, 0.15) is 29.3 Å². The minimum absolute atomic E-state index is 0.164. The Hall–Kier alpha value is -3.92. The van der Waals surface area contributed by atoms with Crippen molar-refractivity contribution in [3.05, 3.63) is 70.8 Å². The molecule has 10 heteroatoms. The smallest absolute Gasteiger partial charge is 0.408 e. The van der Waals surface area contributed by atoms with Crippen molar-refractivity contribution in [2.45, 2.75) is 117 Å². The second-order valence-corrected chi connectivity index (χ2v) is 13.4. The molecule has 0 saturated carbocycles. The quantitative estimate of drug-likeness (QED) is 0.285. The van der Waals surface area contributed by atoms with Gasteiger partial charge in [-0.3, -0.25) is 9.59 Å². The molecule has 0 aliphatic heterocycles. The Balaban J connectivity index is 2.64. The fraction of sp³-hybridized carbons (Fsp3) is 0.543. The summed E-state index contributed by atoms with van der Waals surface area (Å²) in [6, 6.07) is 10.6. The highest BCUT2D eigenvalue weighted by Crippen LogP contribution is 2.30. The summed E-state index contributed by atoms with van der Waals surface area (Å²) in [5.41, 5.74) is 1.42. The number of alkyl carbamates (subject to hydrolysis) is 1. The van der Waals surface area contributed by atoms with Gasteiger partial charge in [0.25, 0.3) is 0 Å². The summed E-state index contributed by atoms with van der Waals surface area (Å²) in [6.07, 6.45) is -0.248. The summed E-state index contributed by atoms with van der Waals surface area (Å²) < 4.78 is 11.0. The number of ether oxygens (including phenoxy) is 2. The Kier molecular flexibility index (Phi) is 13.2. The molecule has 10 nitrogen and oxygen atoms in total. The highest BCUT2D eigenvalue weighted by molar-refractivity contribution is 5.94. The van der Waals surface area contributed by atoms with E-state index in [2.05, 4.69) is 10.6 Å². The first-order valence-corrected chi connectivity index (χ1v) is 15.4. The van der Waals surface area contributed by atoms with Crippen LogP contribution in [0.3, 0.4) is 0 Å². The van der Waals surface area contributed by atoms with Crippen molar-refractivity contribution in [1.29, 1.82) is 0 Å². The Bertz CT molecular complexity index is 1310. The van der Waals surface area contributed by atoms with Crippen molar-refractivity contribution in [3.63, 3.8) is 0 Å². The molecule has 248 valence electrons. The van der Waals surface area contributed by atoms with Crippen LogP contribution < -0.4 is 10.6 Å². The van der Waals surface area contributed by atoms with Crippen molar-refractivity contribution in [2.75, 3.05) is 6.61 Å². The van der Waals surface area contributed by atoms with Crippen LogP contribution in [0.25, 0.3) is 0 Å². The first kappa shape index (κ1) is 37.3. The van der Waals surface area contributed by atoms with E-state index in [0.717, 1.165) is 16.7 Å². The molecule has 0 bridgehead atoms. The van der Waals surface area contributed by atoms with Crippen LogP contribution >= 0.6 is 0 Å². The minimum Gasteiger partial charge on any atom is -0.458 e. The third-order valence-corrected chi connectivity index (χ3v) is 7.25. The minimum atomic E-state index is -1.39. The Morgan fingerprint density at radius 3 is 1.98 bits per heavy atom. The van der Waals surface area contributed by atoms with Crippen molar-refractivity contribution in [3.8, 4) is 0 Å². The number of amides is 3. The zero-order chi connectivity index (χ0) is 34.1. The van der Waals surface area contributed by atoms with Gasteiger partial charge >= 0.3 is 12.1 Å². The normalized spacial score (nSPS) is 14.4. The molecule has 0 fully saturated rings. The van der Waals surface area contributed by atoms with E-state index in [1.54, 1.807) is 60.6 Å². The van der Waals surface area contributed by atoms with Gasteiger partial charge in [-0.15, -0.1) is 0 Å². The van der Waals surface area contributed by atoms with Crippen LogP contribution in [-0.2, 0) is 30.3 Å². The van der Waals surface area contributed by atoms with Crippen molar-refractivity contribution < 1.29 is 33.8 Å². The van der Waals surface area contributed by atoms with Crippen molar-refractivity contribution in [2.24, 2.45) is 0 Å². The first-order chi connectivity index (χ1) is 20.9. The van der Waals surface area contributed by atoms with Crippen LogP contribution in [-0.4, -0.2) is 69.8 Å². The summed E-state index contributed by atoms with van der Waals surface area (Å²) in [6.45, 7) is 17.0. The SMILES string of the molecule is CCC(C)N(C(=O)C(CO)NC(=O)OC(C)(C)C)C(C(=O)NC(Cc1ccccc1)C(=O)OC(C)(C)C)c1cccc(C)c1C. The number of aliphatic hydroxyl groups is 1. The van der Waals surface area contributed by atoms with Gasteiger partial charge in [-0.2, -0.15) is 0 Å². The Labute approximate surface area is 267 Å². The lowest BCUT2D eigenvalue weighted by molar-refractivity contribution is -0.159. The van der Waals surface area contributed by atoms with Gasteiger partial charge in [-0.25, -0.2) is 9.59 Å². The number of nitrogens with zero attached hydrogens (tertiary/aromatic N) is 1. The number of benzene rings is 2. The molecule has 3 amide bonds. The standard InChI is InChI=1S/C35H51N3O7/c1-11-23(3)38(31(41)28(21-39)37-33(43)45-35(8,9)10)29(26-19-15-16-22(2)24(26)4)30(40)36-27(32(42)44-34(5,6)7)20-25-17-13-12-14-18-25/h12-19,23,27-29,39H,11,20-21H2,1-10H3,(H,36,40)(H,37,43). The summed E-state index contributed by atoms with van der Waals surface area (Å²) >= 11 is 0. The Morgan fingerprint density at radius 2 is 1.44 bits per heavy atom. The van der Waals surface area contributed by atoms with E-state index >= 15 is 0 Å². The highest BCUT2D eigenvalue weighted by atomic mass is 16.6. The molecule has 2 aromatic rings. The molecule has 0 heterocycles. The van der Waals surface area contributed by atoms with Gasteiger partial charge in [0, 0.05) is 12.5 Å². The molecule has 0 radical (unpaired) electrons. The monoisotopic (exact) mass is 625 g/mol. The highest BCUT2D eigenvalue weighted by Gasteiger charge is 2.40. The Morgan fingerprint density at radius 1 is 0.844 bits per heavy atom. The van der Waals surface area contributed by atoms with E-state index in [1.165, 1.54) is 4.90 Å². The number of hydrogen-bond acceptors (Lipinski definition) is 7. The molecule has 0 aliphatic carbocycles. The average Bonchev–Trinajstić information content (AvgIpc) is 2.94. The van der Waals surface area contributed by atoms with Crippen LogP contribution in [0.2, 0.25) is 0 Å². The fourth-order valence-corrected chi connectivity index (χ4v) is 4.76. The third kappa shape index (κ3) is 11.2. The number of hydrogen-bond donors (Lipinski definition) is 3. The molecule has 0 aliphatic rings. The second-order valence-electron chi connectivity index (χ2n) is 13.4. The second kappa shape index (κ2) is 15.9. The van der Waals surface area contributed by atoms with E-state index in [1.807, 2.05) is 57.2 Å². The molecule has 3 N–H and O–H groups in total. The van der Waals surface area contributed by atoms with E-state index in [0.29, 0.717) is 12.0 Å². The maximum absolute atomic E-state index is 14.5.